The summed E-state index contributed by atoms with van der Waals surface area (Å²) in [5.41, 5.74) is 2.32. The lowest BCUT2D eigenvalue weighted by atomic mass is 10.1. The quantitative estimate of drug-likeness (QED) is 0.828. The van der Waals surface area contributed by atoms with E-state index in [9.17, 15) is 0 Å². The van der Waals surface area contributed by atoms with Crippen molar-refractivity contribution in [2.24, 2.45) is 0 Å². The molecule has 0 amide bonds. The number of aryl methyl sites for hydroxylation is 1. The highest BCUT2D eigenvalue weighted by Crippen LogP contribution is 2.29. The molecule has 1 aromatic heterocycles. The summed E-state index contributed by atoms with van der Waals surface area (Å²) in [6, 6.07) is 8.50. The van der Waals surface area contributed by atoms with Crippen LogP contribution in [0.2, 0.25) is 0 Å². The Hall–Kier alpha value is -1.28. The minimum Gasteiger partial charge on any atom is -0.459 e. The molecule has 0 bridgehead atoms. The third kappa shape index (κ3) is 1.65. The van der Waals surface area contributed by atoms with Gasteiger partial charge in [-0.05, 0) is 26.5 Å². The minimum absolute atomic E-state index is 0.271. The van der Waals surface area contributed by atoms with E-state index in [1.54, 1.807) is 0 Å². The van der Waals surface area contributed by atoms with Gasteiger partial charge in [-0.1, -0.05) is 25.1 Å². The van der Waals surface area contributed by atoms with Gasteiger partial charge >= 0.3 is 0 Å². The lowest BCUT2D eigenvalue weighted by Gasteiger charge is -2.08. The van der Waals surface area contributed by atoms with E-state index in [4.69, 9.17) is 4.42 Å². The normalized spacial score (nSPS) is 13.3. The van der Waals surface area contributed by atoms with Crippen LogP contribution in [0.4, 0.5) is 0 Å². The third-order valence-corrected chi connectivity index (χ3v) is 2.91. The van der Waals surface area contributed by atoms with Crippen molar-refractivity contribution in [3.63, 3.8) is 0 Å². The molecule has 0 unspecified atom stereocenters. The first-order chi connectivity index (χ1) is 7.27. The smallest absolute Gasteiger partial charge is 0.134 e. The van der Waals surface area contributed by atoms with Gasteiger partial charge in [-0.3, -0.25) is 0 Å². The summed E-state index contributed by atoms with van der Waals surface area (Å²) in [6.45, 7) is 4.29. The molecular formula is C13H17NO. The molecule has 0 radical (unpaired) electrons. The Balaban J connectivity index is 2.63. The number of rotatable bonds is 3. The van der Waals surface area contributed by atoms with Crippen LogP contribution in [0.25, 0.3) is 11.0 Å². The fourth-order valence-electron chi connectivity index (χ4n) is 1.96. The van der Waals surface area contributed by atoms with Gasteiger partial charge in [-0.2, -0.15) is 0 Å². The lowest BCUT2D eigenvalue weighted by molar-refractivity contribution is 0.469. The number of benzene rings is 1. The van der Waals surface area contributed by atoms with E-state index in [2.05, 4.69) is 31.3 Å². The second kappa shape index (κ2) is 4.07. The molecule has 0 aliphatic carbocycles. The largest absolute Gasteiger partial charge is 0.459 e. The predicted octanol–water partition coefficient (Wildman–Crippen LogP) is 3.28. The van der Waals surface area contributed by atoms with E-state index in [1.165, 1.54) is 10.9 Å². The number of nitrogens with one attached hydrogen (secondary N) is 1. The van der Waals surface area contributed by atoms with Crippen LogP contribution in [-0.2, 0) is 6.42 Å². The van der Waals surface area contributed by atoms with Crippen LogP contribution in [0, 0.1) is 0 Å². The van der Waals surface area contributed by atoms with Gasteiger partial charge in [0.1, 0.15) is 11.3 Å². The van der Waals surface area contributed by atoms with Crippen molar-refractivity contribution in [3.8, 4) is 0 Å². The van der Waals surface area contributed by atoms with Crippen molar-refractivity contribution < 1.29 is 4.42 Å². The zero-order valence-electron chi connectivity index (χ0n) is 9.50. The van der Waals surface area contributed by atoms with Gasteiger partial charge in [-0.25, -0.2) is 0 Å². The highest BCUT2D eigenvalue weighted by molar-refractivity contribution is 5.82. The standard InChI is InChI=1S/C13H17NO/c1-4-10-11-7-5-6-8-12(11)15-13(10)9(2)14-3/h5-9,14H,4H2,1-3H3/t9-/m1/s1. The zero-order valence-corrected chi connectivity index (χ0v) is 9.50. The molecule has 2 aromatic rings. The van der Waals surface area contributed by atoms with Gasteiger partial charge in [0, 0.05) is 10.9 Å². The molecule has 0 saturated heterocycles. The fourth-order valence-corrected chi connectivity index (χ4v) is 1.96. The maximum absolute atomic E-state index is 5.88. The maximum atomic E-state index is 5.88. The Labute approximate surface area is 90.3 Å². The Kier molecular flexibility index (Phi) is 2.78. The SMILES string of the molecule is CCc1c([C@@H](C)NC)oc2ccccc12. The average Bonchev–Trinajstić information content (AvgIpc) is 2.66. The molecular weight excluding hydrogens is 186 g/mol. The van der Waals surface area contributed by atoms with Crippen molar-refractivity contribution in [2.45, 2.75) is 26.3 Å². The highest BCUT2D eigenvalue weighted by Gasteiger charge is 2.16. The molecule has 80 valence electrons. The van der Waals surface area contributed by atoms with E-state index in [0.29, 0.717) is 0 Å². The van der Waals surface area contributed by atoms with Crippen LogP contribution in [0.1, 0.15) is 31.2 Å². The number of para-hydroxylation sites is 1. The van der Waals surface area contributed by atoms with Gasteiger partial charge in [0.25, 0.3) is 0 Å². The molecule has 0 saturated carbocycles. The zero-order chi connectivity index (χ0) is 10.8. The van der Waals surface area contributed by atoms with E-state index < -0.39 is 0 Å². The van der Waals surface area contributed by atoms with Crippen LogP contribution in [-0.4, -0.2) is 7.05 Å². The van der Waals surface area contributed by atoms with Crippen molar-refractivity contribution >= 4 is 11.0 Å². The molecule has 15 heavy (non-hydrogen) atoms. The summed E-state index contributed by atoms with van der Waals surface area (Å²) in [4.78, 5) is 0. The van der Waals surface area contributed by atoms with Gasteiger partial charge < -0.3 is 9.73 Å². The van der Waals surface area contributed by atoms with Crippen LogP contribution < -0.4 is 5.32 Å². The lowest BCUT2D eigenvalue weighted by Crippen LogP contribution is -2.12. The number of furan rings is 1. The molecule has 1 heterocycles. The van der Waals surface area contributed by atoms with E-state index in [1.807, 2.05) is 19.2 Å². The van der Waals surface area contributed by atoms with Crippen LogP contribution in [0.15, 0.2) is 28.7 Å². The summed E-state index contributed by atoms with van der Waals surface area (Å²) in [6.07, 6.45) is 1.01. The Morgan fingerprint density at radius 1 is 1.33 bits per heavy atom. The van der Waals surface area contributed by atoms with Crippen molar-refractivity contribution in [3.05, 3.63) is 35.6 Å². The van der Waals surface area contributed by atoms with E-state index >= 15 is 0 Å². The van der Waals surface area contributed by atoms with Crippen LogP contribution in [0.3, 0.4) is 0 Å². The molecule has 0 spiro atoms. The Morgan fingerprint density at radius 3 is 2.73 bits per heavy atom. The number of fused-ring (bicyclic) bond motifs is 1. The van der Waals surface area contributed by atoms with E-state index in [0.717, 1.165) is 17.8 Å². The van der Waals surface area contributed by atoms with Gasteiger partial charge in [0.2, 0.25) is 0 Å². The molecule has 2 rings (SSSR count). The maximum Gasteiger partial charge on any atom is 0.134 e. The highest BCUT2D eigenvalue weighted by atomic mass is 16.3. The first kappa shape index (κ1) is 10.2. The predicted molar refractivity (Wildman–Crippen MR) is 63.1 cm³/mol. The first-order valence-electron chi connectivity index (χ1n) is 5.45. The van der Waals surface area contributed by atoms with Crippen molar-refractivity contribution in [1.82, 2.24) is 5.32 Å². The average molecular weight is 203 g/mol. The number of hydrogen-bond donors (Lipinski definition) is 1. The van der Waals surface area contributed by atoms with Crippen LogP contribution in [0.5, 0.6) is 0 Å². The second-order valence-corrected chi connectivity index (χ2v) is 3.80. The van der Waals surface area contributed by atoms with Gasteiger partial charge in [0.05, 0.1) is 6.04 Å². The van der Waals surface area contributed by atoms with Crippen LogP contribution >= 0.6 is 0 Å². The topological polar surface area (TPSA) is 25.2 Å². The molecule has 1 aromatic carbocycles. The molecule has 2 nitrogen and oxygen atoms in total. The molecule has 1 atom stereocenters. The molecule has 0 aliphatic heterocycles. The second-order valence-electron chi connectivity index (χ2n) is 3.80. The minimum atomic E-state index is 0.271. The summed E-state index contributed by atoms with van der Waals surface area (Å²) in [5, 5.41) is 4.47. The Bertz CT molecular complexity index is 459. The fraction of sp³-hybridized carbons (Fsp3) is 0.385. The summed E-state index contributed by atoms with van der Waals surface area (Å²) in [5.74, 6) is 1.07. The first-order valence-corrected chi connectivity index (χ1v) is 5.45. The van der Waals surface area contributed by atoms with E-state index in [-0.39, 0.29) is 6.04 Å². The molecule has 0 fully saturated rings. The third-order valence-electron chi connectivity index (χ3n) is 2.91. The monoisotopic (exact) mass is 203 g/mol. The Morgan fingerprint density at radius 2 is 2.07 bits per heavy atom. The summed E-state index contributed by atoms with van der Waals surface area (Å²) < 4.78 is 5.88. The summed E-state index contributed by atoms with van der Waals surface area (Å²) in [7, 11) is 1.96. The molecule has 1 N–H and O–H groups in total. The van der Waals surface area contributed by atoms with Gasteiger partial charge in [-0.15, -0.1) is 0 Å². The van der Waals surface area contributed by atoms with Crippen molar-refractivity contribution in [2.75, 3.05) is 7.05 Å². The van der Waals surface area contributed by atoms with Gasteiger partial charge in [0.15, 0.2) is 0 Å². The number of hydrogen-bond acceptors (Lipinski definition) is 2. The molecule has 0 aliphatic rings. The molecule has 2 heteroatoms. The van der Waals surface area contributed by atoms with Crippen molar-refractivity contribution in [1.29, 1.82) is 0 Å². The summed E-state index contributed by atoms with van der Waals surface area (Å²) >= 11 is 0.